The maximum absolute atomic E-state index is 13.1. The Hall–Kier alpha value is -2.54. The molecule has 32 heavy (non-hydrogen) atoms. The molecule has 0 unspecified atom stereocenters. The van der Waals surface area contributed by atoms with Gasteiger partial charge in [-0.05, 0) is 87.6 Å². The molecule has 0 bridgehead atoms. The average Bonchev–Trinajstić information content (AvgIpc) is 3.40. The van der Waals surface area contributed by atoms with E-state index in [2.05, 4.69) is 85.2 Å². The molecule has 2 aromatic heterocycles. The average molecular weight is 437 g/mol. The first-order valence-electron chi connectivity index (χ1n) is 11.9. The van der Waals surface area contributed by atoms with E-state index >= 15 is 0 Å². The molecule has 1 aliphatic carbocycles. The Balaban J connectivity index is 1.77. The van der Waals surface area contributed by atoms with Crippen LogP contribution in [-0.2, 0) is 12.1 Å². The van der Waals surface area contributed by atoms with Crippen molar-refractivity contribution >= 4 is 10.9 Å². The largest absolute Gasteiger partial charge is 0.322 e. The standard InChI is InChI=1S/C25H36N6O/c1-7-22(23-27-28-29-31(23)25(4,5)6)30(19-10-8-9-11-19)15-18-14-20-17(3)12-16(2)13-21(20)26-24(18)32/h12-14,19,22H,7-11,15H2,1-6H3,(H,26,32)/t22-/m0/s1. The second-order valence-corrected chi connectivity index (χ2v) is 10.3. The lowest BCUT2D eigenvalue weighted by Crippen LogP contribution is -2.40. The van der Waals surface area contributed by atoms with Gasteiger partial charge in [-0.15, -0.1) is 5.10 Å². The van der Waals surface area contributed by atoms with Gasteiger partial charge in [-0.1, -0.05) is 25.8 Å². The summed E-state index contributed by atoms with van der Waals surface area (Å²) >= 11 is 0. The van der Waals surface area contributed by atoms with Gasteiger partial charge in [-0.3, -0.25) is 9.69 Å². The van der Waals surface area contributed by atoms with Crippen molar-refractivity contribution in [2.75, 3.05) is 0 Å². The van der Waals surface area contributed by atoms with Gasteiger partial charge in [0.15, 0.2) is 5.82 Å². The fourth-order valence-electron chi connectivity index (χ4n) is 5.20. The zero-order valence-corrected chi connectivity index (χ0v) is 20.3. The topological polar surface area (TPSA) is 79.7 Å². The number of nitrogens with one attached hydrogen (secondary N) is 1. The van der Waals surface area contributed by atoms with Crippen molar-refractivity contribution in [3.8, 4) is 0 Å². The van der Waals surface area contributed by atoms with Crippen LogP contribution in [0.1, 0.15) is 88.4 Å². The minimum atomic E-state index is -0.205. The summed E-state index contributed by atoms with van der Waals surface area (Å²) in [6.45, 7) is 13.3. The van der Waals surface area contributed by atoms with Crippen molar-refractivity contribution < 1.29 is 0 Å². The fraction of sp³-hybridized carbons (Fsp3) is 0.600. The number of tetrazole rings is 1. The third-order valence-corrected chi connectivity index (χ3v) is 6.75. The molecule has 1 aliphatic rings. The monoisotopic (exact) mass is 436 g/mol. The lowest BCUT2D eigenvalue weighted by atomic mass is 10.0. The molecule has 172 valence electrons. The molecule has 1 aromatic carbocycles. The van der Waals surface area contributed by atoms with Crippen LogP contribution in [0.5, 0.6) is 0 Å². The number of H-pyrrole nitrogens is 1. The Kier molecular flexibility index (Phi) is 6.21. The van der Waals surface area contributed by atoms with Crippen LogP contribution in [0.2, 0.25) is 0 Å². The molecule has 7 heteroatoms. The van der Waals surface area contributed by atoms with Crippen molar-refractivity contribution in [2.24, 2.45) is 0 Å². The summed E-state index contributed by atoms with van der Waals surface area (Å²) in [4.78, 5) is 18.7. The van der Waals surface area contributed by atoms with Gasteiger partial charge in [0.2, 0.25) is 0 Å². The Bertz CT molecular complexity index is 1150. The molecule has 3 aromatic rings. The van der Waals surface area contributed by atoms with Gasteiger partial charge in [-0.25, -0.2) is 4.68 Å². The molecular weight excluding hydrogens is 400 g/mol. The van der Waals surface area contributed by atoms with Gasteiger partial charge in [0.25, 0.3) is 5.56 Å². The number of rotatable bonds is 6. The summed E-state index contributed by atoms with van der Waals surface area (Å²) in [5.74, 6) is 0.885. The number of benzene rings is 1. The maximum atomic E-state index is 13.1. The van der Waals surface area contributed by atoms with Crippen LogP contribution in [0.15, 0.2) is 23.0 Å². The summed E-state index contributed by atoms with van der Waals surface area (Å²) in [6.07, 6.45) is 5.65. The zero-order chi connectivity index (χ0) is 23.0. The molecule has 1 N–H and O–H groups in total. The Morgan fingerprint density at radius 3 is 2.56 bits per heavy atom. The highest BCUT2D eigenvalue weighted by Gasteiger charge is 2.34. The molecular formula is C25H36N6O. The molecule has 1 atom stereocenters. The highest BCUT2D eigenvalue weighted by atomic mass is 16.1. The Morgan fingerprint density at radius 2 is 1.91 bits per heavy atom. The predicted octanol–water partition coefficient (Wildman–Crippen LogP) is 4.78. The molecule has 0 spiro atoms. The fourth-order valence-corrected chi connectivity index (χ4v) is 5.20. The summed E-state index contributed by atoms with van der Waals surface area (Å²) in [5.41, 5.74) is 3.86. The van der Waals surface area contributed by atoms with Crippen LogP contribution in [-0.4, -0.2) is 36.1 Å². The van der Waals surface area contributed by atoms with E-state index in [-0.39, 0.29) is 17.1 Å². The van der Waals surface area contributed by atoms with E-state index in [0.717, 1.165) is 47.1 Å². The number of pyridine rings is 1. The van der Waals surface area contributed by atoms with Crippen molar-refractivity contribution in [3.05, 3.63) is 51.1 Å². The van der Waals surface area contributed by atoms with Crippen molar-refractivity contribution in [1.29, 1.82) is 0 Å². The second-order valence-electron chi connectivity index (χ2n) is 10.3. The SMILES string of the molecule is CC[C@@H](c1nnnn1C(C)(C)C)N(Cc1cc2c(C)cc(C)cc2[nH]c1=O)C1CCCC1. The van der Waals surface area contributed by atoms with Crippen LogP contribution in [0.3, 0.4) is 0 Å². The van der Waals surface area contributed by atoms with Crippen molar-refractivity contribution in [1.82, 2.24) is 30.1 Å². The van der Waals surface area contributed by atoms with E-state index in [1.165, 1.54) is 18.4 Å². The minimum Gasteiger partial charge on any atom is -0.322 e. The summed E-state index contributed by atoms with van der Waals surface area (Å²) in [7, 11) is 0. The number of hydrogen-bond donors (Lipinski definition) is 1. The van der Waals surface area contributed by atoms with E-state index in [0.29, 0.717) is 12.6 Å². The third-order valence-electron chi connectivity index (χ3n) is 6.75. The van der Waals surface area contributed by atoms with Crippen LogP contribution < -0.4 is 5.56 Å². The minimum absolute atomic E-state index is 0.00392. The molecule has 0 aliphatic heterocycles. The molecule has 7 nitrogen and oxygen atoms in total. The first-order chi connectivity index (χ1) is 15.2. The second kappa shape index (κ2) is 8.77. The normalized spacial score (nSPS) is 16.3. The molecule has 4 rings (SSSR count). The smallest absolute Gasteiger partial charge is 0.252 e. The molecule has 2 heterocycles. The van der Waals surface area contributed by atoms with Gasteiger partial charge in [-0.2, -0.15) is 0 Å². The van der Waals surface area contributed by atoms with Gasteiger partial charge in [0.1, 0.15) is 0 Å². The molecule has 1 saturated carbocycles. The number of fused-ring (bicyclic) bond motifs is 1. The van der Waals surface area contributed by atoms with Crippen molar-refractivity contribution in [2.45, 2.75) is 97.8 Å². The highest BCUT2D eigenvalue weighted by molar-refractivity contribution is 5.83. The van der Waals surface area contributed by atoms with Gasteiger partial charge < -0.3 is 4.98 Å². The van der Waals surface area contributed by atoms with Crippen LogP contribution >= 0.6 is 0 Å². The van der Waals surface area contributed by atoms with Crippen LogP contribution in [0, 0.1) is 13.8 Å². The molecule has 0 radical (unpaired) electrons. The van der Waals surface area contributed by atoms with Gasteiger partial charge in [0, 0.05) is 29.1 Å². The first-order valence-corrected chi connectivity index (χ1v) is 11.9. The number of aryl methyl sites for hydroxylation is 2. The van der Waals surface area contributed by atoms with E-state index in [1.807, 2.05) is 4.68 Å². The maximum Gasteiger partial charge on any atom is 0.252 e. The van der Waals surface area contributed by atoms with Gasteiger partial charge in [0.05, 0.1) is 11.6 Å². The molecule has 0 amide bonds. The Morgan fingerprint density at radius 1 is 1.19 bits per heavy atom. The molecule has 1 fully saturated rings. The van der Waals surface area contributed by atoms with E-state index in [9.17, 15) is 4.79 Å². The predicted molar refractivity (Wildman–Crippen MR) is 128 cm³/mol. The van der Waals surface area contributed by atoms with E-state index in [4.69, 9.17) is 0 Å². The van der Waals surface area contributed by atoms with Crippen molar-refractivity contribution in [3.63, 3.8) is 0 Å². The van der Waals surface area contributed by atoms with Crippen LogP contribution in [0.25, 0.3) is 10.9 Å². The number of hydrogen-bond acceptors (Lipinski definition) is 5. The van der Waals surface area contributed by atoms with E-state index in [1.54, 1.807) is 0 Å². The highest BCUT2D eigenvalue weighted by Crippen LogP contribution is 2.34. The lowest BCUT2D eigenvalue weighted by Gasteiger charge is -2.36. The van der Waals surface area contributed by atoms with Crippen LogP contribution in [0.4, 0.5) is 0 Å². The summed E-state index contributed by atoms with van der Waals surface area (Å²) < 4.78 is 1.95. The quantitative estimate of drug-likeness (QED) is 0.601. The summed E-state index contributed by atoms with van der Waals surface area (Å²) in [6, 6.07) is 6.80. The number of aromatic nitrogens is 5. The third kappa shape index (κ3) is 4.35. The van der Waals surface area contributed by atoms with E-state index < -0.39 is 0 Å². The summed E-state index contributed by atoms with van der Waals surface area (Å²) in [5, 5.41) is 13.9. The molecule has 0 saturated heterocycles. The Labute approximate surface area is 190 Å². The number of aromatic amines is 1. The number of nitrogens with zero attached hydrogens (tertiary/aromatic N) is 5. The first kappa shape index (κ1) is 22.6. The zero-order valence-electron chi connectivity index (χ0n) is 20.3. The lowest BCUT2D eigenvalue weighted by molar-refractivity contribution is 0.108. The van der Waals surface area contributed by atoms with Gasteiger partial charge >= 0.3 is 0 Å².